The molecule has 1 saturated heterocycles. The fourth-order valence-corrected chi connectivity index (χ4v) is 4.20. The van der Waals surface area contributed by atoms with E-state index >= 15 is 0 Å². The number of nitrogens with zero attached hydrogens (tertiary/aromatic N) is 1. The predicted octanol–water partition coefficient (Wildman–Crippen LogP) is 5.25. The summed E-state index contributed by atoms with van der Waals surface area (Å²) in [7, 11) is 0. The number of ketones is 1. The van der Waals surface area contributed by atoms with Gasteiger partial charge in [-0.05, 0) is 62.6 Å². The number of phenolic OH excluding ortho intramolecular Hbond substituents is 1. The van der Waals surface area contributed by atoms with Crippen LogP contribution in [0.5, 0.6) is 5.75 Å². The molecule has 1 amide bonds. The Morgan fingerprint density at radius 2 is 1.50 bits per heavy atom. The lowest BCUT2D eigenvalue weighted by Crippen LogP contribution is -2.29. The molecule has 2 N–H and O–H groups in total. The van der Waals surface area contributed by atoms with Crippen LogP contribution in [0.2, 0.25) is 0 Å². The van der Waals surface area contributed by atoms with Crippen LogP contribution in [0.25, 0.3) is 5.76 Å². The number of aliphatic hydroxyl groups excluding tert-OH is 1. The van der Waals surface area contributed by atoms with E-state index in [0.29, 0.717) is 11.1 Å². The molecule has 162 valence electrons. The molecule has 0 spiro atoms. The highest BCUT2D eigenvalue weighted by atomic mass is 16.3. The molecule has 3 aromatic rings. The Labute approximate surface area is 187 Å². The van der Waals surface area contributed by atoms with Crippen molar-refractivity contribution in [1.29, 1.82) is 0 Å². The average molecular weight is 428 g/mol. The standard InChI is InChI=1S/C27H25NO4/c1-15-6-5-7-19(12-15)24-23(25(30)20-13-16(2)8-10-18(20)4)26(31)27(32)28(24)21-14-17(3)9-11-22(21)29/h5-14,24,29-30H,1-4H3/b25-23+. The van der Waals surface area contributed by atoms with Gasteiger partial charge < -0.3 is 10.2 Å². The molecule has 5 heteroatoms. The van der Waals surface area contributed by atoms with Gasteiger partial charge in [-0.2, -0.15) is 0 Å². The van der Waals surface area contributed by atoms with Gasteiger partial charge in [-0.3, -0.25) is 14.5 Å². The lowest BCUT2D eigenvalue weighted by Gasteiger charge is -2.26. The zero-order chi connectivity index (χ0) is 23.2. The number of Topliss-reactive ketones (excluding diaryl/α,β-unsaturated/α-hetero) is 1. The van der Waals surface area contributed by atoms with Crippen LogP contribution in [0, 0.1) is 27.7 Å². The van der Waals surface area contributed by atoms with E-state index in [1.165, 1.54) is 11.0 Å². The van der Waals surface area contributed by atoms with E-state index in [1.807, 2.05) is 64.1 Å². The minimum atomic E-state index is -0.873. The number of rotatable bonds is 3. The van der Waals surface area contributed by atoms with Crippen LogP contribution < -0.4 is 4.90 Å². The van der Waals surface area contributed by atoms with Crippen molar-refractivity contribution >= 4 is 23.1 Å². The molecule has 1 aliphatic heterocycles. The van der Waals surface area contributed by atoms with Crippen molar-refractivity contribution in [2.75, 3.05) is 4.90 Å². The maximum atomic E-state index is 13.3. The molecule has 0 aliphatic carbocycles. The number of hydrogen-bond acceptors (Lipinski definition) is 4. The van der Waals surface area contributed by atoms with Crippen molar-refractivity contribution in [2.45, 2.75) is 33.7 Å². The van der Waals surface area contributed by atoms with Gasteiger partial charge in [-0.1, -0.05) is 53.6 Å². The smallest absolute Gasteiger partial charge is 0.300 e. The topological polar surface area (TPSA) is 77.8 Å². The second kappa shape index (κ2) is 8.00. The Morgan fingerprint density at radius 3 is 2.22 bits per heavy atom. The average Bonchev–Trinajstić information content (AvgIpc) is 3.02. The number of carbonyl (C=O) groups is 2. The van der Waals surface area contributed by atoms with E-state index in [2.05, 4.69) is 0 Å². The summed E-state index contributed by atoms with van der Waals surface area (Å²) in [4.78, 5) is 27.8. The number of aromatic hydroxyl groups is 1. The fourth-order valence-electron chi connectivity index (χ4n) is 4.20. The molecule has 0 saturated carbocycles. The number of carbonyl (C=O) groups excluding carboxylic acids is 2. The lowest BCUT2D eigenvalue weighted by molar-refractivity contribution is -0.132. The van der Waals surface area contributed by atoms with Gasteiger partial charge in [-0.25, -0.2) is 0 Å². The van der Waals surface area contributed by atoms with Gasteiger partial charge in [0.25, 0.3) is 11.7 Å². The molecule has 32 heavy (non-hydrogen) atoms. The molecule has 3 aromatic carbocycles. The number of hydrogen-bond donors (Lipinski definition) is 2. The third-order valence-electron chi connectivity index (χ3n) is 5.84. The second-order valence-electron chi connectivity index (χ2n) is 8.39. The minimum absolute atomic E-state index is 0.00945. The van der Waals surface area contributed by atoms with Crippen molar-refractivity contribution < 1.29 is 19.8 Å². The molecule has 1 fully saturated rings. The van der Waals surface area contributed by atoms with Gasteiger partial charge in [0.15, 0.2) is 0 Å². The summed E-state index contributed by atoms with van der Waals surface area (Å²) in [5.41, 5.74) is 4.93. The lowest BCUT2D eigenvalue weighted by atomic mass is 9.92. The Hall–Kier alpha value is -3.86. The summed E-state index contributed by atoms with van der Waals surface area (Å²) < 4.78 is 0. The Kier molecular flexibility index (Phi) is 5.35. The molecule has 0 aromatic heterocycles. The normalized spacial score (nSPS) is 17.8. The van der Waals surface area contributed by atoms with Crippen molar-refractivity contribution in [1.82, 2.24) is 0 Å². The summed E-state index contributed by atoms with van der Waals surface area (Å²) in [5.74, 6) is -1.90. The van der Waals surface area contributed by atoms with E-state index < -0.39 is 17.7 Å². The molecule has 0 radical (unpaired) electrons. The molecule has 0 bridgehead atoms. The van der Waals surface area contributed by atoms with Crippen LogP contribution in [0.15, 0.2) is 66.2 Å². The van der Waals surface area contributed by atoms with E-state index in [1.54, 1.807) is 18.2 Å². The third-order valence-corrected chi connectivity index (χ3v) is 5.84. The fraction of sp³-hybridized carbons (Fsp3) is 0.185. The third kappa shape index (κ3) is 3.56. The molecule has 1 unspecified atom stereocenters. The number of anilines is 1. The zero-order valence-electron chi connectivity index (χ0n) is 18.5. The highest BCUT2D eigenvalue weighted by Crippen LogP contribution is 2.45. The van der Waals surface area contributed by atoms with Gasteiger partial charge in [0, 0.05) is 5.56 Å². The number of aliphatic hydroxyl groups is 1. The number of phenols is 1. The van der Waals surface area contributed by atoms with Crippen LogP contribution in [0.1, 0.15) is 39.4 Å². The van der Waals surface area contributed by atoms with Gasteiger partial charge in [0.2, 0.25) is 0 Å². The Balaban J connectivity index is 2.03. The largest absolute Gasteiger partial charge is 0.507 e. The van der Waals surface area contributed by atoms with E-state index in [-0.39, 0.29) is 22.8 Å². The van der Waals surface area contributed by atoms with Gasteiger partial charge in [0.05, 0.1) is 17.3 Å². The summed E-state index contributed by atoms with van der Waals surface area (Å²) in [6.07, 6.45) is 0. The highest BCUT2D eigenvalue weighted by molar-refractivity contribution is 6.52. The molecular weight excluding hydrogens is 402 g/mol. The monoisotopic (exact) mass is 427 g/mol. The summed E-state index contributed by atoms with van der Waals surface area (Å²) in [6.45, 7) is 7.51. The van der Waals surface area contributed by atoms with Crippen molar-refractivity contribution in [3.05, 3.63) is 99.6 Å². The molecule has 4 rings (SSSR count). The second-order valence-corrected chi connectivity index (χ2v) is 8.39. The number of benzene rings is 3. The molecule has 1 heterocycles. The van der Waals surface area contributed by atoms with Crippen molar-refractivity contribution in [2.24, 2.45) is 0 Å². The van der Waals surface area contributed by atoms with Crippen molar-refractivity contribution in [3.63, 3.8) is 0 Å². The summed E-state index contributed by atoms with van der Waals surface area (Å²) in [6, 6.07) is 17.1. The SMILES string of the molecule is Cc1cccc(C2/C(=C(\O)c3cc(C)ccc3C)C(=O)C(=O)N2c2cc(C)ccc2O)c1. The highest BCUT2D eigenvalue weighted by Gasteiger charge is 2.47. The Morgan fingerprint density at radius 1 is 0.844 bits per heavy atom. The summed E-state index contributed by atoms with van der Waals surface area (Å²) in [5, 5.41) is 21.9. The molecular formula is C27H25NO4. The minimum Gasteiger partial charge on any atom is -0.507 e. The Bertz CT molecular complexity index is 1290. The molecule has 1 aliphatic rings. The van der Waals surface area contributed by atoms with Crippen LogP contribution in [0.3, 0.4) is 0 Å². The first kappa shape index (κ1) is 21.4. The first-order chi connectivity index (χ1) is 15.2. The number of aryl methyl sites for hydroxylation is 4. The van der Waals surface area contributed by atoms with E-state index in [4.69, 9.17) is 0 Å². The van der Waals surface area contributed by atoms with E-state index in [0.717, 1.165) is 22.3 Å². The first-order valence-corrected chi connectivity index (χ1v) is 10.4. The van der Waals surface area contributed by atoms with Gasteiger partial charge in [-0.15, -0.1) is 0 Å². The zero-order valence-corrected chi connectivity index (χ0v) is 18.5. The quantitative estimate of drug-likeness (QED) is 0.340. The molecule has 5 nitrogen and oxygen atoms in total. The summed E-state index contributed by atoms with van der Waals surface area (Å²) >= 11 is 0. The maximum absolute atomic E-state index is 13.3. The first-order valence-electron chi connectivity index (χ1n) is 10.4. The molecule has 1 atom stereocenters. The van der Waals surface area contributed by atoms with Gasteiger partial charge in [0.1, 0.15) is 11.5 Å². The van der Waals surface area contributed by atoms with Crippen molar-refractivity contribution in [3.8, 4) is 5.75 Å². The predicted molar refractivity (Wildman–Crippen MR) is 125 cm³/mol. The van der Waals surface area contributed by atoms with Gasteiger partial charge >= 0.3 is 0 Å². The van der Waals surface area contributed by atoms with Crippen LogP contribution in [-0.4, -0.2) is 21.9 Å². The maximum Gasteiger partial charge on any atom is 0.300 e. The van der Waals surface area contributed by atoms with Crippen LogP contribution >= 0.6 is 0 Å². The van der Waals surface area contributed by atoms with Crippen LogP contribution in [0.4, 0.5) is 5.69 Å². The number of amides is 1. The van der Waals surface area contributed by atoms with E-state index in [9.17, 15) is 19.8 Å². The van der Waals surface area contributed by atoms with Crippen LogP contribution in [-0.2, 0) is 9.59 Å².